The molecule has 0 aliphatic carbocycles. The fourth-order valence-corrected chi connectivity index (χ4v) is 3.92. The van der Waals surface area contributed by atoms with Gasteiger partial charge in [0.25, 0.3) is 5.91 Å². The maximum atomic E-state index is 13.4. The summed E-state index contributed by atoms with van der Waals surface area (Å²) in [5, 5.41) is 5.91. The van der Waals surface area contributed by atoms with Gasteiger partial charge in [-0.25, -0.2) is 4.39 Å². The molecule has 0 spiro atoms. The lowest BCUT2D eigenvalue weighted by Gasteiger charge is -2.35. The highest BCUT2D eigenvalue weighted by molar-refractivity contribution is 5.98. The summed E-state index contributed by atoms with van der Waals surface area (Å²) in [7, 11) is 0. The number of hydrogen-bond donors (Lipinski definition) is 2. The number of amides is 2. The number of hydrogen-bond acceptors (Lipinski definition) is 4. The third-order valence-electron chi connectivity index (χ3n) is 5.84. The van der Waals surface area contributed by atoms with Gasteiger partial charge in [-0.05, 0) is 42.2 Å². The van der Waals surface area contributed by atoms with Gasteiger partial charge in [0.1, 0.15) is 11.9 Å². The first-order valence-corrected chi connectivity index (χ1v) is 11.1. The Labute approximate surface area is 189 Å². The Morgan fingerprint density at radius 1 is 1.06 bits per heavy atom. The van der Waals surface area contributed by atoms with Gasteiger partial charge >= 0.3 is 0 Å². The van der Waals surface area contributed by atoms with Gasteiger partial charge in [-0.15, -0.1) is 0 Å². The fourth-order valence-electron chi connectivity index (χ4n) is 3.92. The van der Waals surface area contributed by atoms with Crippen LogP contribution >= 0.6 is 0 Å². The molecule has 1 aliphatic heterocycles. The molecule has 2 amide bonds. The molecule has 172 valence electrons. The maximum absolute atomic E-state index is 13.4. The average molecular weight is 442 g/mol. The first kappa shape index (κ1) is 23.9. The van der Waals surface area contributed by atoms with E-state index in [9.17, 15) is 14.0 Å². The van der Waals surface area contributed by atoms with Crippen LogP contribution in [0.2, 0.25) is 0 Å². The summed E-state index contributed by atoms with van der Waals surface area (Å²) in [5.74, 6) is -0.879. The molecule has 6 nitrogen and oxygen atoms in total. The smallest absolute Gasteiger partial charge is 0.252 e. The summed E-state index contributed by atoms with van der Waals surface area (Å²) in [6.07, 6.45) is 0. The molecule has 0 bridgehead atoms. The van der Waals surface area contributed by atoms with Crippen LogP contribution in [0.1, 0.15) is 41.4 Å². The van der Waals surface area contributed by atoms with Gasteiger partial charge in [0.2, 0.25) is 5.91 Å². The lowest BCUT2D eigenvalue weighted by Crippen LogP contribution is -2.52. The summed E-state index contributed by atoms with van der Waals surface area (Å²) >= 11 is 0. The second kappa shape index (κ2) is 11.2. The minimum atomic E-state index is -0.666. The van der Waals surface area contributed by atoms with Crippen LogP contribution in [0.5, 0.6) is 0 Å². The van der Waals surface area contributed by atoms with Gasteiger partial charge in [-0.1, -0.05) is 44.2 Å². The lowest BCUT2D eigenvalue weighted by molar-refractivity contribution is -0.124. The van der Waals surface area contributed by atoms with E-state index in [1.807, 2.05) is 39.0 Å². The van der Waals surface area contributed by atoms with Gasteiger partial charge in [0.05, 0.1) is 19.3 Å². The molecule has 3 rings (SSSR count). The first-order valence-electron chi connectivity index (χ1n) is 11.1. The molecule has 2 aromatic carbocycles. The zero-order chi connectivity index (χ0) is 23.1. The van der Waals surface area contributed by atoms with Crippen molar-refractivity contribution >= 4 is 11.8 Å². The molecule has 0 saturated carbocycles. The number of halogens is 1. The van der Waals surface area contributed by atoms with Crippen molar-refractivity contribution in [3.05, 3.63) is 71.0 Å². The van der Waals surface area contributed by atoms with Crippen LogP contribution < -0.4 is 10.6 Å². The number of nitrogens with one attached hydrogen (secondary N) is 2. The second-order valence-electron chi connectivity index (χ2n) is 8.47. The van der Waals surface area contributed by atoms with Crippen molar-refractivity contribution in [1.29, 1.82) is 0 Å². The van der Waals surface area contributed by atoms with Crippen LogP contribution in [-0.4, -0.2) is 55.6 Å². The SMILES string of the molecule is Cc1ccccc1C(=O)N[C@H](C(=O)NCC(c1ccc(F)cc1)N1CCOCC1)C(C)C. The zero-order valence-electron chi connectivity index (χ0n) is 18.9. The Bertz CT molecular complexity index is 911. The highest BCUT2D eigenvalue weighted by Gasteiger charge is 2.28. The van der Waals surface area contributed by atoms with Crippen molar-refractivity contribution < 1.29 is 18.7 Å². The Morgan fingerprint density at radius 3 is 2.34 bits per heavy atom. The van der Waals surface area contributed by atoms with Gasteiger partial charge in [-0.3, -0.25) is 14.5 Å². The Kier molecular flexibility index (Phi) is 8.36. The van der Waals surface area contributed by atoms with Gasteiger partial charge < -0.3 is 15.4 Å². The van der Waals surface area contributed by atoms with E-state index < -0.39 is 6.04 Å². The fraction of sp³-hybridized carbons (Fsp3) is 0.440. The summed E-state index contributed by atoms with van der Waals surface area (Å²) in [6.45, 7) is 8.73. The van der Waals surface area contributed by atoms with Crippen molar-refractivity contribution in [2.24, 2.45) is 5.92 Å². The van der Waals surface area contributed by atoms with Crippen molar-refractivity contribution in [2.75, 3.05) is 32.8 Å². The third kappa shape index (κ3) is 6.14. The number of benzene rings is 2. The normalized spacial score (nSPS) is 16.4. The molecule has 2 aromatic rings. The molecule has 1 aliphatic rings. The van der Waals surface area contributed by atoms with Gasteiger partial charge in [-0.2, -0.15) is 0 Å². The van der Waals surface area contributed by atoms with E-state index >= 15 is 0 Å². The second-order valence-corrected chi connectivity index (χ2v) is 8.47. The molecule has 2 N–H and O–H groups in total. The monoisotopic (exact) mass is 441 g/mol. The van der Waals surface area contributed by atoms with Crippen LogP contribution in [0.15, 0.2) is 48.5 Å². The van der Waals surface area contributed by atoms with E-state index in [1.165, 1.54) is 12.1 Å². The zero-order valence-corrected chi connectivity index (χ0v) is 18.9. The van der Waals surface area contributed by atoms with Gasteiger partial charge in [0, 0.05) is 25.2 Å². The molecule has 2 atom stereocenters. The third-order valence-corrected chi connectivity index (χ3v) is 5.84. The molecular formula is C25H32FN3O3. The summed E-state index contributed by atoms with van der Waals surface area (Å²) in [6, 6.07) is 12.9. The van der Waals surface area contributed by atoms with E-state index in [2.05, 4.69) is 15.5 Å². The number of aryl methyl sites for hydroxylation is 1. The minimum absolute atomic E-state index is 0.0874. The Balaban J connectivity index is 1.70. The van der Waals surface area contributed by atoms with Crippen molar-refractivity contribution in [2.45, 2.75) is 32.9 Å². The standard InChI is InChI=1S/C25H32FN3O3/c1-17(2)23(28-24(30)21-7-5-4-6-18(21)3)25(31)27-16-22(29-12-14-32-15-13-29)19-8-10-20(26)11-9-19/h4-11,17,22-23H,12-16H2,1-3H3,(H,27,31)(H,28,30)/t22?,23-/m0/s1. The number of carbonyl (C=O) groups excluding carboxylic acids is 2. The number of morpholine rings is 1. The number of ether oxygens (including phenoxy) is 1. The highest BCUT2D eigenvalue weighted by atomic mass is 19.1. The van der Waals surface area contributed by atoms with E-state index in [0.29, 0.717) is 25.3 Å². The molecule has 7 heteroatoms. The average Bonchev–Trinajstić information content (AvgIpc) is 2.79. The maximum Gasteiger partial charge on any atom is 0.252 e. The molecule has 1 unspecified atom stereocenters. The van der Waals surface area contributed by atoms with Crippen LogP contribution in [0.3, 0.4) is 0 Å². The lowest BCUT2D eigenvalue weighted by atomic mass is 10.0. The molecule has 1 fully saturated rings. The Hall–Kier alpha value is -2.77. The molecule has 1 heterocycles. The quantitative estimate of drug-likeness (QED) is 0.661. The van der Waals surface area contributed by atoms with E-state index in [-0.39, 0.29) is 29.6 Å². The number of nitrogens with zero attached hydrogens (tertiary/aromatic N) is 1. The first-order chi connectivity index (χ1) is 15.4. The molecule has 1 saturated heterocycles. The number of carbonyl (C=O) groups is 2. The highest BCUT2D eigenvalue weighted by Crippen LogP contribution is 2.22. The van der Waals surface area contributed by atoms with Crippen LogP contribution in [0.25, 0.3) is 0 Å². The molecular weight excluding hydrogens is 409 g/mol. The summed E-state index contributed by atoms with van der Waals surface area (Å²) < 4.78 is 18.9. The molecule has 32 heavy (non-hydrogen) atoms. The van der Waals surface area contributed by atoms with Crippen molar-refractivity contribution in [1.82, 2.24) is 15.5 Å². The topological polar surface area (TPSA) is 70.7 Å². The van der Waals surface area contributed by atoms with E-state index in [4.69, 9.17) is 4.74 Å². The van der Waals surface area contributed by atoms with E-state index in [1.54, 1.807) is 18.2 Å². The predicted molar refractivity (Wildman–Crippen MR) is 122 cm³/mol. The van der Waals surface area contributed by atoms with Crippen molar-refractivity contribution in [3.8, 4) is 0 Å². The Morgan fingerprint density at radius 2 is 1.72 bits per heavy atom. The summed E-state index contributed by atoms with van der Waals surface area (Å²) in [5.41, 5.74) is 2.35. The number of rotatable bonds is 8. The van der Waals surface area contributed by atoms with Crippen molar-refractivity contribution in [3.63, 3.8) is 0 Å². The molecule has 0 radical (unpaired) electrons. The largest absolute Gasteiger partial charge is 0.379 e. The van der Waals surface area contributed by atoms with Crippen LogP contribution in [-0.2, 0) is 9.53 Å². The summed E-state index contributed by atoms with van der Waals surface area (Å²) in [4.78, 5) is 28.1. The molecule has 0 aromatic heterocycles. The minimum Gasteiger partial charge on any atom is -0.379 e. The van der Waals surface area contributed by atoms with Gasteiger partial charge in [0.15, 0.2) is 0 Å². The predicted octanol–water partition coefficient (Wildman–Crippen LogP) is 3.08. The van der Waals surface area contributed by atoms with Crippen LogP contribution in [0, 0.1) is 18.7 Å². The van der Waals surface area contributed by atoms with Crippen LogP contribution in [0.4, 0.5) is 4.39 Å². The van der Waals surface area contributed by atoms with E-state index in [0.717, 1.165) is 24.2 Å².